The summed E-state index contributed by atoms with van der Waals surface area (Å²) in [4.78, 5) is 24.9. The molecular weight excluding hydrogens is 436 g/mol. The van der Waals surface area contributed by atoms with Crippen molar-refractivity contribution in [2.45, 2.75) is 38.8 Å². The molecule has 0 saturated heterocycles. The van der Waals surface area contributed by atoms with Crippen LogP contribution in [0, 0.1) is 0 Å². The van der Waals surface area contributed by atoms with Crippen LogP contribution in [0.4, 0.5) is 0 Å². The molecule has 1 atom stereocenters. The molecule has 1 aromatic carbocycles. The number of carbonyl (C=O) groups is 1. The summed E-state index contributed by atoms with van der Waals surface area (Å²) in [5, 5.41) is 14.2. The zero-order chi connectivity index (χ0) is 23.5. The first kappa shape index (κ1) is 23.6. The highest BCUT2D eigenvalue weighted by molar-refractivity contribution is 6.31. The number of ether oxygens (including phenoxy) is 2. The van der Waals surface area contributed by atoms with Crippen molar-refractivity contribution in [3.63, 3.8) is 0 Å². The van der Waals surface area contributed by atoms with E-state index >= 15 is 0 Å². The number of carboxylic acids is 1. The summed E-state index contributed by atoms with van der Waals surface area (Å²) >= 11 is 6.22. The first-order valence-corrected chi connectivity index (χ1v) is 10.4. The first-order chi connectivity index (χ1) is 15.1. The van der Waals surface area contributed by atoms with Crippen LogP contribution in [0.1, 0.15) is 33.2 Å². The van der Waals surface area contributed by atoms with Gasteiger partial charge in [-0.1, -0.05) is 22.8 Å². The fourth-order valence-electron chi connectivity index (χ4n) is 3.32. The number of carboxylic acid groups (broad SMARTS) is 1. The lowest BCUT2D eigenvalue weighted by molar-refractivity contribution is -0.142. The minimum absolute atomic E-state index is 0.121. The molecule has 0 amide bonds. The van der Waals surface area contributed by atoms with Crippen LogP contribution in [-0.2, 0) is 9.53 Å². The van der Waals surface area contributed by atoms with Gasteiger partial charge >= 0.3 is 5.97 Å². The van der Waals surface area contributed by atoms with E-state index < -0.39 is 23.2 Å². The quantitative estimate of drug-likeness (QED) is 0.521. The van der Waals surface area contributed by atoms with E-state index in [-0.39, 0.29) is 13.0 Å². The lowest BCUT2D eigenvalue weighted by Crippen LogP contribution is -2.31. The maximum atomic E-state index is 13.0. The van der Waals surface area contributed by atoms with Crippen molar-refractivity contribution >= 4 is 17.6 Å². The van der Waals surface area contributed by atoms with Gasteiger partial charge in [-0.05, 0) is 38.5 Å². The third kappa shape index (κ3) is 5.38. The van der Waals surface area contributed by atoms with Crippen LogP contribution < -0.4 is 10.3 Å². The number of pyridine rings is 1. The Kier molecular flexibility index (Phi) is 7.06. The Labute approximate surface area is 190 Å². The highest BCUT2D eigenvalue weighted by atomic mass is 35.5. The highest BCUT2D eigenvalue weighted by Gasteiger charge is 2.24. The third-order valence-corrected chi connectivity index (χ3v) is 5.03. The predicted molar refractivity (Wildman–Crippen MR) is 120 cm³/mol. The first-order valence-electron chi connectivity index (χ1n) is 9.98. The molecule has 0 aliphatic heterocycles. The average molecular weight is 461 g/mol. The van der Waals surface area contributed by atoms with Gasteiger partial charge in [-0.2, -0.15) is 0 Å². The molecule has 3 aromatic rings. The van der Waals surface area contributed by atoms with Gasteiger partial charge in [0.05, 0.1) is 18.9 Å². The maximum Gasteiger partial charge on any atom is 0.326 e. The normalized spacial score (nSPS) is 12.5. The fraction of sp³-hybridized carbons (Fsp3) is 0.348. The van der Waals surface area contributed by atoms with Gasteiger partial charge in [0.2, 0.25) is 0 Å². The molecule has 2 heterocycles. The fourth-order valence-corrected chi connectivity index (χ4v) is 3.49. The van der Waals surface area contributed by atoms with Crippen LogP contribution in [0.5, 0.6) is 5.75 Å². The molecular formula is C23H25ClN2O6. The topological polar surface area (TPSA) is 104 Å². The lowest BCUT2D eigenvalue weighted by Gasteiger charge is -2.22. The number of hydrogen-bond acceptors (Lipinski definition) is 6. The van der Waals surface area contributed by atoms with Crippen molar-refractivity contribution in [3.8, 4) is 28.1 Å². The van der Waals surface area contributed by atoms with E-state index in [4.69, 9.17) is 25.6 Å². The second kappa shape index (κ2) is 9.58. The SMILES string of the molecule is COc1cn(C(CCOC(C)(C)C)C(=O)O)c(=O)cc1-c1cc(Cl)ccc1-c1ccon1. The lowest BCUT2D eigenvalue weighted by atomic mass is 9.97. The standard InChI is InChI=1S/C23H25ClN2O6/c1-23(2,3)31-9-8-19(22(28)29)26-13-20(30-4)17(12-21(26)27)16-11-14(24)5-6-15(16)18-7-10-32-25-18/h5-7,10-13,19H,8-9H2,1-4H3,(H,28,29). The van der Waals surface area contributed by atoms with Gasteiger partial charge in [-0.15, -0.1) is 0 Å². The smallest absolute Gasteiger partial charge is 0.326 e. The summed E-state index contributed by atoms with van der Waals surface area (Å²) in [5.41, 5.74) is 1.41. The Balaban J connectivity index is 2.07. The van der Waals surface area contributed by atoms with Crippen molar-refractivity contribution in [3.05, 3.63) is 58.2 Å². The van der Waals surface area contributed by atoms with Gasteiger partial charge in [-0.3, -0.25) is 9.36 Å². The van der Waals surface area contributed by atoms with E-state index in [0.29, 0.717) is 33.2 Å². The van der Waals surface area contributed by atoms with E-state index in [9.17, 15) is 14.7 Å². The van der Waals surface area contributed by atoms with Crippen LogP contribution in [0.15, 0.2) is 52.1 Å². The molecule has 0 radical (unpaired) electrons. The Bertz CT molecular complexity index is 1150. The van der Waals surface area contributed by atoms with Gasteiger partial charge in [0.1, 0.15) is 23.7 Å². The van der Waals surface area contributed by atoms with E-state index in [1.165, 1.54) is 25.6 Å². The zero-order valence-electron chi connectivity index (χ0n) is 18.3. The molecule has 3 rings (SSSR count). The van der Waals surface area contributed by atoms with Crippen molar-refractivity contribution in [2.75, 3.05) is 13.7 Å². The summed E-state index contributed by atoms with van der Waals surface area (Å²) in [6.07, 6.45) is 2.97. The largest absolute Gasteiger partial charge is 0.495 e. The monoisotopic (exact) mass is 460 g/mol. The Morgan fingerprint density at radius 2 is 1.97 bits per heavy atom. The Morgan fingerprint density at radius 3 is 2.56 bits per heavy atom. The van der Waals surface area contributed by atoms with Crippen LogP contribution in [-0.4, -0.2) is 40.1 Å². The van der Waals surface area contributed by atoms with Crippen molar-refractivity contribution in [1.29, 1.82) is 0 Å². The number of hydrogen-bond donors (Lipinski definition) is 1. The van der Waals surface area contributed by atoms with Gasteiger partial charge in [0.15, 0.2) is 0 Å². The summed E-state index contributed by atoms with van der Waals surface area (Å²) in [6.45, 7) is 5.82. The second-order valence-corrected chi connectivity index (χ2v) is 8.62. The van der Waals surface area contributed by atoms with Crippen LogP contribution in [0.3, 0.4) is 0 Å². The van der Waals surface area contributed by atoms with Crippen LogP contribution >= 0.6 is 11.6 Å². The Morgan fingerprint density at radius 1 is 1.22 bits per heavy atom. The number of nitrogens with zero attached hydrogens (tertiary/aromatic N) is 2. The number of benzene rings is 1. The molecule has 1 N–H and O–H groups in total. The molecule has 0 saturated carbocycles. The van der Waals surface area contributed by atoms with Gasteiger partial charge < -0.3 is 19.1 Å². The minimum Gasteiger partial charge on any atom is -0.495 e. The zero-order valence-corrected chi connectivity index (χ0v) is 19.0. The van der Waals surface area contributed by atoms with Crippen molar-refractivity contribution in [1.82, 2.24) is 9.72 Å². The molecule has 0 fully saturated rings. The van der Waals surface area contributed by atoms with E-state index in [0.717, 1.165) is 4.57 Å². The summed E-state index contributed by atoms with van der Waals surface area (Å²) in [6, 6.07) is 7.09. The highest BCUT2D eigenvalue weighted by Crippen LogP contribution is 2.38. The summed E-state index contributed by atoms with van der Waals surface area (Å²) in [5.74, 6) is -0.815. The van der Waals surface area contributed by atoms with Crippen molar-refractivity contribution in [2.24, 2.45) is 0 Å². The number of rotatable bonds is 8. The number of methoxy groups -OCH3 is 1. The molecule has 1 unspecified atom stereocenters. The molecule has 170 valence electrons. The molecule has 0 spiro atoms. The molecule has 32 heavy (non-hydrogen) atoms. The number of aliphatic carboxylic acids is 1. The summed E-state index contributed by atoms with van der Waals surface area (Å²) < 4.78 is 17.3. The van der Waals surface area contributed by atoms with Crippen LogP contribution in [0.25, 0.3) is 22.4 Å². The molecule has 8 nitrogen and oxygen atoms in total. The minimum atomic E-state index is -1.13. The van der Waals surface area contributed by atoms with E-state index in [1.54, 1.807) is 24.3 Å². The number of halogens is 1. The molecule has 2 aromatic heterocycles. The molecule has 0 bridgehead atoms. The third-order valence-electron chi connectivity index (χ3n) is 4.80. The van der Waals surface area contributed by atoms with Gasteiger partial charge in [0.25, 0.3) is 5.56 Å². The summed E-state index contributed by atoms with van der Waals surface area (Å²) in [7, 11) is 1.45. The van der Waals surface area contributed by atoms with Gasteiger partial charge in [-0.25, -0.2) is 4.79 Å². The molecule has 0 aliphatic rings. The van der Waals surface area contributed by atoms with E-state index in [2.05, 4.69) is 5.16 Å². The maximum absolute atomic E-state index is 13.0. The number of aromatic nitrogens is 2. The second-order valence-electron chi connectivity index (χ2n) is 8.18. The Hall–Kier alpha value is -3.10. The van der Waals surface area contributed by atoms with Gasteiger partial charge in [0, 0.05) is 41.3 Å². The van der Waals surface area contributed by atoms with E-state index in [1.807, 2.05) is 20.8 Å². The molecule has 0 aliphatic carbocycles. The average Bonchev–Trinajstić information content (AvgIpc) is 3.25. The molecule has 9 heteroatoms. The van der Waals surface area contributed by atoms with Crippen LogP contribution in [0.2, 0.25) is 5.02 Å². The predicted octanol–water partition coefficient (Wildman–Crippen LogP) is 4.66. The van der Waals surface area contributed by atoms with Crippen molar-refractivity contribution < 1.29 is 23.9 Å².